The van der Waals surface area contributed by atoms with Gasteiger partial charge in [0.1, 0.15) is 0 Å². The normalized spacial score (nSPS) is 11.4. The number of hydrogen-bond donors (Lipinski definition) is 0. The van der Waals surface area contributed by atoms with Crippen LogP contribution in [0.4, 0.5) is 0 Å². The van der Waals surface area contributed by atoms with E-state index in [1.54, 1.807) is 0 Å². The van der Waals surface area contributed by atoms with E-state index >= 15 is 0 Å². The summed E-state index contributed by atoms with van der Waals surface area (Å²) in [6.07, 6.45) is 4.00. The first kappa shape index (κ1) is 36.9. The predicted molar refractivity (Wildman–Crippen MR) is 203 cm³/mol. The van der Waals surface area contributed by atoms with Gasteiger partial charge in [-0.05, 0) is 45.2 Å². The van der Waals surface area contributed by atoms with Gasteiger partial charge in [0.2, 0.25) is 0 Å². The smallest absolute Gasteiger partial charge is 0.0799 e. The summed E-state index contributed by atoms with van der Waals surface area (Å²) < 4.78 is 0. The van der Waals surface area contributed by atoms with Gasteiger partial charge in [-0.1, -0.05) is 133 Å². The maximum Gasteiger partial charge on any atom is 0.0799 e. The Bertz CT molecular complexity index is 1910. The molecule has 6 rings (SSSR count). The summed E-state index contributed by atoms with van der Waals surface area (Å²) in [6, 6.07) is 46.8. The second-order valence-corrected chi connectivity index (χ2v) is 19.2. The summed E-state index contributed by atoms with van der Waals surface area (Å²) in [5.41, 5.74) is 11.6. The number of hydrogen-bond acceptors (Lipinski definition) is 2. The molecule has 4 aromatic carbocycles. The van der Waals surface area contributed by atoms with Gasteiger partial charge < -0.3 is 9.97 Å². The zero-order valence-corrected chi connectivity index (χ0v) is 32.8. The van der Waals surface area contributed by atoms with Crippen LogP contribution < -0.4 is 5.19 Å². The quantitative estimate of drug-likeness (QED) is 0.118. The molecule has 0 atom stereocenters. The minimum absolute atomic E-state index is 0. The van der Waals surface area contributed by atoms with E-state index in [2.05, 4.69) is 175 Å². The van der Waals surface area contributed by atoms with E-state index in [0.29, 0.717) is 5.92 Å². The van der Waals surface area contributed by atoms with Gasteiger partial charge in [0, 0.05) is 37.9 Å². The molecule has 2 heterocycles. The van der Waals surface area contributed by atoms with Crippen molar-refractivity contribution < 1.29 is 20.1 Å². The number of aryl methyl sites for hydroxylation is 1. The Kier molecular flexibility index (Phi) is 12.3. The second kappa shape index (κ2) is 16.0. The molecule has 2 aromatic heterocycles. The maximum atomic E-state index is 4.69. The fourth-order valence-corrected chi connectivity index (χ4v) is 7.48. The summed E-state index contributed by atoms with van der Waals surface area (Å²) in [5.74, 6) is 0.531. The minimum atomic E-state index is -1.35. The van der Waals surface area contributed by atoms with Gasteiger partial charge in [0.25, 0.3) is 0 Å². The third kappa shape index (κ3) is 8.93. The summed E-state index contributed by atoms with van der Waals surface area (Å²) in [5, 5.41) is 1.48. The Labute approximate surface area is 303 Å². The SMILES string of the molecule is CC(C)(c1ccccc1)c1ccnc(-c2[c-]ccc(-c3ccccc3)c2)c1.Cc1c[c-]c(-c2cc(C(C)C)c([Si](C)(C)C)cn2)cc1.[Ir]. The number of rotatable bonds is 7. The van der Waals surface area contributed by atoms with Crippen molar-refractivity contribution in [3.05, 3.63) is 162 Å². The maximum absolute atomic E-state index is 4.69. The zero-order valence-electron chi connectivity index (χ0n) is 29.4. The molecule has 0 unspecified atom stereocenters. The fraction of sp³-hybridized carbons (Fsp3) is 0.227. The van der Waals surface area contributed by atoms with Gasteiger partial charge >= 0.3 is 0 Å². The molecule has 247 valence electrons. The summed E-state index contributed by atoms with van der Waals surface area (Å²) in [4.78, 5) is 9.31. The van der Waals surface area contributed by atoms with Crippen LogP contribution in [0.1, 0.15) is 55.9 Å². The Hall–Kier alpha value is -3.95. The van der Waals surface area contributed by atoms with E-state index in [-0.39, 0.29) is 25.5 Å². The predicted octanol–water partition coefficient (Wildman–Crippen LogP) is 11.1. The molecular weight excluding hydrogens is 777 g/mol. The fourth-order valence-electron chi connectivity index (χ4n) is 5.80. The van der Waals surface area contributed by atoms with E-state index in [9.17, 15) is 0 Å². The Morgan fingerprint density at radius 3 is 1.96 bits per heavy atom. The molecule has 0 saturated heterocycles. The first-order chi connectivity index (χ1) is 22.4. The first-order valence-electron chi connectivity index (χ1n) is 16.5. The van der Waals surface area contributed by atoms with Gasteiger partial charge in [0.15, 0.2) is 0 Å². The average molecular weight is 823 g/mol. The van der Waals surface area contributed by atoms with Crippen molar-refractivity contribution in [1.82, 2.24) is 9.97 Å². The molecule has 0 fully saturated rings. The third-order valence-corrected chi connectivity index (χ3v) is 10.8. The van der Waals surface area contributed by atoms with Crippen molar-refractivity contribution in [3.8, 4) is 33.6 Å². The number of pyridine rings is 2. The van der Waals surface area contributed by atoms with E-state index in [4.69, 9.17) is 4.98 Å². The van der Waals surface area contributed by atoms with E-state index in [0.717, 1.165) is 22.5 Å². The van der Waals surface area contributed by atoms with Crippen molar-refractivity contribution in [1.29, 1.82) is 0 Å². The first-order valence-corrected chi connectivity index (χ1v) is 20.0. The number of aromatic nitrogens is 2. The van der Waals surface area contributed by atoms with Gasteiger partial charge in [-0.25, -0.2) is 0 Å². The van der Waals surface area contributed by atoms with Crippen molar-refractivity contribution in [2.75, 3.05) is 0 Å². The molecule has 0 aliphatic carbocycles. The van der Waals surface area contributed by atoms with Crippen LogP contribution in [0.5, 0.6) is 0 Å². The van der Waals surface area contributed by atoms with Crippen molar-refractivity contribution >= 4 is 13.3 Å². The monoisotopic (exact) mass is 823 g/mol. The van der Waals surface area contributed by atoms with Gasteiger partial charge in [0.05, 0.1) is 8.07 Å². The molecule has 6 aromatic rings. The molecule has 0 aliphatic rings. The van der Waals surface area contributed by atoms with E-state index in [1.165, 1.54) is 38.6 Å². The summed E-state index contributed by atoms with van der Waals surface area (Å²) in [7, 11) is -1.35. The average Bonchev–Trinajstić information content (AvgIpc) is 3.09. The topological polar surface area (TPSA) is 25.8 Å². The van der Waals surface area contributed by atoms with Crippen LogP contribution in [0, 0.1) is 19.1 Å². The molecular formula is C44H46IrN2Si-2. The zero-order chi connectivity index (χ0) is 33.6. The van der Waals surface area contributed by atoms with Crippen LogP contribution in [0.3, 0.4) is 0 Å². The van der Waals surface area contributed by atoms with Gasteiger partial charge in [-0.15, -0.1) is 70.8 Å². The minimum Gasteiger partial charge on any atom is -0.305 e. The standard InChI is InChI=1S/C26H22N.C18H24NSi.Ir/c1-26(2,23-14-7-4-8-15-23)24-16-17-27-25(19-24)22-13-9-12-21(18-22)20-10-5-3-6-11-20;1-13(2)16-11-17(15-9-7-14(3)8-10-15)19-12-18(16)20(4,5)6;/h3-12,14-19H,1-2H3;7-9,11-13H,1-6H3;/q2*-1;. The Morgan fingerprint density at radius 2 is 1.33 bits per heavy atom. The molecule has 0 saturated carbocycles. The van der Waals surface area contributed by atoms with Crippen molar-refractivity contribution in [3.63, 3.8) is 0 Å². The summed E-state index contributed by atoms with van der Waals surface area (Å²) >= 11 is 0. The molecule has 0 spiro atoms. The largest absolute Gasteiger partial charge is 0.305 e. The van der Waals surface area contributed by atoms with Crippen LogP contribution in [-0.2, 0) is 25.5 Å². The van der Waals surface area contributed by atoms with Crippen LogP contribution in [0.25, 0.3) is 33.6 Å². The van der Waals surface area contributed by atoms with Gasteiger partial charge in [-0.3, -0.25) is 0 Å². The second-order valence-electron chi connectivity index (χ2n) is 14.1. The molecule has 0 N–H and O–H groups in total. The molecule has 48 heavy (non-hydrogen) atoms. The van der Waals surface area contributed by atoms with E-state index in [1.807, 2.05) is 24.4 Å². The van der Waals surface area contributed by atoms with Gasteiger partial charge in [-0.2, -0.15) is 0 Å². The Morgan fingerprint density at radius 1 is 0.667 bits per heavy atom. The number of benzene rings is 4. The van der Waals surface area contributed by atoms with Crippen molar-refractivity contribution in [2.24, 2.45) is 0 Å². The molecule has 1 radical (unpaired) electrons. The van der Waals surface area contributed by atoms with Crippen LogP contribution >= 0.6 is 0 Å². The molecule has 0 bridgehead atoms. The van der Waals surface area contributed by atoms with Crippen LogP contribution in [0.15, 0.2) is 128 Å². The van der Waals surface area contributed by atoms with E-state index < -0.39 is 8.07 Å². The molecule has 0 aliphatic heterocycles. The molecule has 2 nitrogen and oxygen atoms in total. The summed E-state index contributed by atoms with van der Waals surface area (Å²) in [6.45, 7) is 18.3. The Balaban J connectivity index is 0.000000222. The number of nitrogens with zero attached hydrogens (tertiary/aromatic N) is 2. The van der Waals surface area contributed by atoms with Crippen LogP contribution in [-0.4, -0.2) is 18.0 Å². The molecule has 4 heteroatoms. The van der Waals surface area contributed by atoms with Crippen LogP contribution in [0.2, 0.25) is 19.6 Å². The molecule has 0 amide bonds. The van der Waals surface area contributed by atoms with Crippen molar-refractivity contribution in [2.45, 2.75) is 65.6 Å². The third-order valence-electron chi connectivity index (χ3n) is 8.77.